The Morgan fingerprint density at radius 3 is 0.748 bits per heavy atom. The van der Waals surface area contributed by atoms with Gasteiger partial charge in [0, 0.05) is 32.8 Å². The summed E-state index contributed by atoms with van der Waals surface area (Å²) in [5.74, 6) is 0. The third kappa shape index (κ3) is 13.6. The Morgan fingerprint density at radius 1 is 0.119 bits per heavy atom. The third-order valence-corrected chi connectivity index (χ3v) is 33.3. The first-order valence-corrected chi connectivity index (χ1v) is 51.3. The van der Waals surface area contributed by atoms with Crippen molar-refractivity contribution in [2.75, 3.05) is 0 Å². The maximum absolute atomic E-state index is 5.07. The van der Waals surface area contributed by atoms with E-state index in [1.807, 2.05) is 0 Å². The normalized spacial score (nSPS) is 11.9. The van der Waals surface area contributed by atoms with Crippen molar-refractivity contribution in [1.82, 2.24) is 15.0 Å². The van der Waals surface area contributed by atoms with Crippen LogP contribution in [0.4, 0.5) is 0 Å². The summed E-state index contributed by atoms with van der Waals surface area (Å²) in [5.41, 5.74) is 26.9. The van der Waals surface area contributed by atoms with Crippen molar-refractivity contribution >= 4 is 215 Å². The average molecular weight is 1870 g/mol. The molecule has 0 N–H and O–H groups in total. The molecule has 6 heteroatoms. The zero-order valence-electron chi connectivity index (χ0n) is 77.3. The molecule has 0 radical (unpaired) electrons. The molecule has 3 nitrogen and oxygen atoms in total. The highest BCUT2D eigenvalue weighted by molar-refractivity contribution is 7.23. The van der Waals surface area contributed by atoms with E-state index < -0.39 is 0 Å². The fraction of sp³-hybridized carbons (Fsp3) is 0. The molecule has 662 valence electrons. The van der Waals surface area contributed by atoms with Crippen LogP contribution >= 0.6 is 34.0 Å². The molecule has 0 unspecified atom stereocenters. The van der Waals surface area contributed by atoms with Crippen molar-refractivity contribution in [1.29, 1.82) is 0 Å². The van der Waals surface area contributed by atoms with Crippen LogP contribution in [0.5, 0.6) is 0 Å². The highest BCUT2D eigenvalue weighted by atomic mass is 32.1. The molecular formula is C137H81N3S3. The van der Waals surface area contributed by atoms with E-state index in [-0.39, 0.29) is 0 Å². The number of hydrogen-bond donors (Lipinski definition) is 0. The zero-order valence-corrected chi connectivity index (χ0v) is 79.8. The number of rotatable bonds is 9. The van der Waals surface area contributed by atoms with Gasteiger partial charge in [0.15, 0.2) is 0 Å². The molecule has 0 bridgehead atoms. The summed E-state index contributed by atoms with van der Waals surface area (Å²) in [4.78, 5) is 15.1. The Bertz CT molecular complexity index is 10500. The Morgan fingerprint density at radius 2 is 0.357 bits per heavy atom. The fourth-order valence-electron chi connectivity index (χ4n) is 23.1. The largest absolute Gasteiger partial charge is 0.236 e. The molecule has 3 aromatic heterocycles. The van der Waals surface area contributed by atoms with Gasteiger partial charge in [0.25, 0.3) is 0 Å². The van der Waals surface area contributed by atoms with Gasteiger partial charge in [-0.2, -0.15) is 0 Å². The fourth-order valence-corrected chi connectivity index (χ4v) is 26.5. The smallest absolute Gasteiger partial charge is 0.124 e. The van der Waals surface area contributed by atoms with Gasteiger partial charge in [-0.25, -0.2) is 15.0 Å². The lowest BCUT2D eigenvalue weighted by molar-refractivity contribution is 1.48. The molecule has 0 aliphatic heterocycles. The quantitative estimate of drug-likeness (QED) is 0.135. The molecule has 3 heterocycles. The summed E-state index contributed by atoms with van der Waals surface area (Å²) in [6, 6.07) is 180. The lowest BCUT2D eigenvalue weighted by atomic mass is 9.88. The minimum absolute atomic E-state index is 1.05. The number of nitrogens with zero attached hydrogens (tertiary/aromatic N) is 3. The van der Waals surface area contributed by atoms with Crippen LogP contribution in [0.2, 0.25) is 0 Å². The third-order valence-electron chi connectivity index (χ3n) is 29.8. The van der Waals surface area contributed by atoms with Crippen molar-refractivity contribution in [2.24, 2.45) is 0 Å². The Labute approximate surface area is 835 Å². The molecule has 0 saturated carbocycles. The van der Waals surface area contributed by atoms with Crippen LogP contribution in [0.25, 0.3) is 302 Å². The van der Waals surface area contributed by atoms with E-state index in [1.165, 1.54) is 254 Å². The van der Waals surface area contributed by atoms with Gasteiger partial charge in [-0.15, -0.1) is 34.0 Å². The maximum atomic E-state index is 5.07. The molecule has 0 fully saturated rings. The number of benzene rings is 27. The van der Waals surface area contributed by atoms with Crippen LogP contribution in [0.15, 0.2) is 491 Å². The maximum Gasteiger partial charge on any atom is 0.124 e. The van der Waals surface area contributed by atoms with Crippen molar-refractivity contribution < 1.29 is 0 Å². The molecule has 27 aromatic carbocycles. The van der Waals surface area contributed by atoms with Crippen molar-refractivity contribution in [3.05, 3.63) is 491 Å². The molecule has 0 amide bonds. The summed E-state index contributed by atoms with van der Waals surface area (Å²) < 4.78 is 3.72. The van der Waals surface area contributed by atoms with Gasteiger partial charge in [-0.3, -0.25) is 0 Å². The second-order valence-electron chi connectivity index (χ2n) is 37.6. The number of hydrogen-bond acceptors (Lipinski definition) is 6. The van der Waals surface area contributed by atoms with Gasteiger partial charge in [-0.05, 0) is 272 Å². The average Bonchev–Trinajstić information content (AvgIpc) is 1.64. The van der Waals surface area contributed by atoms with Gasteiger partial charge < -0.3 is 0 Å². The second kappa shape index (κ2) is 33.5. The Balaban J connectivity index is 0.000000102. The van der Waals surface area contributed by atoms with E-state index >= 15 is 0 Å². The van der Waals surface area contributed by atoms with Gasteiger partial charge in [0.2, 0.25) is 0 Å². The van der Waals surface area contributed by atoms with Crippen LogP contribution < -0.4 is 0 Å². The van der Waals surface area contributed by atoms with Gasteiger partial charge >= 0.3 is 0 Å². The molecule has 0 saturated heterocycles. The SMILES string of the molecule is c1ccc(-c2nc3ccc4ccc(-c5ccc(-c6ccc7c8c(cccc68)-c6ccccc6-7)c6ccccc56)cc4c3s2)cc1.c1ccc(-c2nc3ccc4ccc(-c5ccc(-c6ccc7c8ccccc8c8ccccc8c7c6)c6ccccc56)cc4c3s2)cc1.c1ccc(-c2nc3ccc4ccc5ccc(-c6ccc(-c7ccc8c9ccccc9c9ccccc9c8c7)c7ccccc67)cc5c4c3s2)cc1. The lowest BCUT2D eigenvalue weighted by Crippen LogP contribution is -1.88. The molecule has 1 aliphatic carbocycles. The van der Waals surface area contributed by atoms with Crippen molar-refractivity contribution in [3.63, 3.8) is 0 Å². The first kappa shape index (κ1) is 82.3. The van der Waals surface area contributed by atoms with Crippen molar-refractivity contribution in [3.8, 4) is 121 Å². The molecule has 31 rings (SSSR count). The zero-order chi connectivity index (χ0) is 93.8. The first-order chi connectivity index (χ1) is 70.9. The predicted molar refractivity (Wildman–Crippen MR) is 617 cm³/mol. The first-order valence-electron chi connectivity index (χ1n) is 48.9. The summed E-state index contributed by atoms with van der Waals surface area (Å²) in [5, 5.41) is 39.0. The van der Waals surface area contributed by atoms with E-state index in [9.17, 15) is 0 Å². The van der Waals surface area contributed by atoms with E-state index in [0.29, 0.717) is 0 Å². The molecule has 1 aliphatic rings. The highest BCUT2D eigenvalue weighted by Gasteiger charge is 2.26. The summed E-state index contributed by atoms with van der Waals surface area (Å²) in [6.45, 7) is 0. The van der Waals surface area contributed by atoms with E-state index in [2.05, 4.69) is 491 Å². The Kier molecular flexibility index (Phi) is 19.3. The second-order valence-corrected chi connectivity index (χ2v) is 40.6. The molecular weight excluding hydrogens is 1780 g/mol. The number of fused-ring (bicyclic) bond motifs is 29. The molecule has 30 aromatic rings. The number of thiazole rings is 3. The summed E-state index contributed by atoms with van der Waals surface area (Å²) in [7, 11) is 0. The highest BCUT2D eigenvalue weighted by Crippen LogP contribution is 2.53. The summed E-state index contributed by atoms with van der Waals surface area (Å²) >= 11 is 5.35. The molecule has 0 atom stereocenters. The minimum atomic E-state index is 1.05. The van der Waals surface area contributed by atoms with E-state index in [4.69, 9.17) is 15.0 Å². The van der Waals surface area contributed by atoms with Crippen LogP contribution in [-0.2, 0) is 0 Å². The molecule has 0 spiro atoms. The van der Waals surface area contributed by atoms with Crippen LogP contribution in [0, 0.1) is 0 Å². The van der Waals surface area contributed by atoms with E-state index in [0.717, 1.165) is 48.3 Å². The number of aromatic nitrogens is 3. The predicted octanol–water partition coefficient (Wildman–Crippen LogP) is 39.7. The van der Waals surface area contributed by atoms with E-state index in [1.54, 1.807) is 34.0 Å². The van der Waals surface area contributed by atoms with Crippen molar-refractivity contribution in [2.45, 2.75) is 0 Å². The van der Waals surface area contributed by atoms with Gasteiger partial charge in [0.05, 0.1) is 30.6 Å². The topological polar surface area (TPSA) is 38.7 Å². The van der Waals surface area contributed by atoms with Crippen LogP contribution in [0.3, 0.4) is 0 Å². The van der Waals surface area contributed by atoms with Gasteiger partial charge in [0.1, 0.15) is 15.0 Å². The Hall–Kier alpha value is -17.8. The van der Waals surface area contributed by atoms with Crippen LogP contribution in [0.1, 0.15) is 0 Å². The van der Waals surface area contributed by atoms with Crippen LogP contribution in [-0.4, -0.2) is 15.0 Å². The van der Waals surface area contributed by atoms with Gasteiger partial charge in [-0.1, -0.05) is 443 Å². The minimum Gasteiger partial charge on any atom is -0.236 e. The standard InChI is InChI=1S/C49H29NS.C45H27NS.C43H25NS/c1-2-10-32(11-3-1)49-50-46-27-23-31-20-18-30-19-21-33(28-44(30)47(31)48(46)51-49)35-25-26-36(38-13-5-4-12-37(35)38)34-22-24-43-41-16-7-6-14-39(41)40-15-8-9-17-42(40)45(43)29-34;1-2-10-29(11-3-1)45-46-43-25-21-28-18-19-30(26-41(28)44(43)47-45)32-23-24-33(35-13-5-4-12-34(32)35)31-20-22-40-38-16-7-6-14-36(38)37-15-8-9-17-39(37)42(40)27-31;1-2-9-27(10-3-1)43-44-40-24-19-26-17-18-28(25-39(26)42(40)45-43)29-20-21-34(31-12-5-4-11-30(29)31)35-22-23-38-33-14-7-6-13-32(33)36-15-8-16-37(35)41(36)38/h1-29H;1-27H;1-25H. The monoisotopic (exact) mass is 1860 g/mol. The summed E-state index contributed by atoms with van der Waals surface area (Å²) in [6.07, 6.45) is 0. The molecule has 143 heavy (non-hydrogen) atoms. The lowest BCUT2D eigenvalue weighted by Gasteiger charge is -2.15.